The van der Waals surface area contributed by atoms with Crippen molar-refractivity contribution in [3.05, 3.63) is 108 Å². The Bertz CT molecular complexity index is 1100. The summed E-state index contributed by atoms with van der Waals surface area (Å²) in [6, 6.07) is 26.3. The van der Waals surface area contributed by atoms with Crippen LogP contribution in [0.5, 0.6) is 5.75 Å². The highest BCUT2D eigenvalue weighted by molar-refractivity contribution is 5.63. The summed E-state index contributed by atoms with van der Waals surface area (Å²) in [6.45, 7) is 1.08. The molecule has 4 heteroatoms. The van der Waals surface area contributed by atoms with Crippen molar-refractivity contribution < 1.29 is 4.74 Å². The minimum atomic E-state index is 0.437. The highest BCUT2D eigenvalue weighted by atomic mass is 16.5. The van der Waals surface area contributed by atoms with E-state index in [4.69, 9.17) is 4.74 Å². The van der Waals surface area contributed by atoms with E-state index in [0.29, 0.717) is 18.7 Å². The molecule has 4 rings (SSSR count). The van der Waals surface area contributed by atoms with Gasteiger partial charge in [-0.3, -0.25) is 0 Å². The Morgan fingerprint density at radius 2 is 1.79 bits per heavy atom. The van der Waals surface area contributed by atoms with Crippen LogP contribution in [0.1, 0.15) is 16.7 Å². The molecule has 1 aromatic heterocycles. The second-order valence-electron chi connectivity index (χ2n) is 6.52. The summed E-state index contributed by atoms with van der Waals surface area (Å²) in [5.41, 5.74) is 5.01. The zero-order chi connectivity index (χ0) is 19.2. The van der Waals surface area contributed by atoms with Crippen LogP contribution >= 0.6 is 0 Å². The molecule has 0 bridgehead atoms. The first-order chi connectivity index (χ1) is 13.8. The van der Waals surface area contributed by atoms with E-state index in [-0.39, 0.29) is 0 Å². The maximum atomic E-state index is 9.24. The van der Waals surface area contributed by atoms with Crippen molar-refractivity contribution in [3.63, 3.8) is 0 Å². The molecule has 0 saturated carbocycles. The van der Waals surface area contributed by atoms with E-state index in [2.05, 4.69) is 41.4 Å². The largest absolute Gasteiger partial charge is 0.489 e. The maximum Gasteiger partial charge on any atom is 0.126 e. The van der Waals surface area contributed by atoms with Gasteiger partial charge in [0.25, 0.3) is 0 Å². The van der Waals surface area contributed by atoms with Gasteiger partial charge in [-0.1, -0.05) is 54.6 Å². The molecule has 0 fully saturated rings. The number of hydrogen-bond donors (Lipinski definition) is 0. The number of nitriles is 1. The predicted octanol–water partition coefficient (Wildman–Crippen LogP) is 5.05. The van der Waals surface area contributed by atoms with Gasteiger partial charge in [-0.05, 0) is 34.9 Å². The average molecular weight is 365 g/mol. The van der Waals surface area contributed by atoms with Crippen molar-refractivity contribution >= 4 is 0 Å². The van der Waals surface area contributed by atoms with E-state index in [0.717, 1.165) is 22.4 Å². The molecule has 0 atom stereocenters. The summed E-state index contributed by atoms with van der Waals surface area (Å²) in [7, 11) is 0. The number of aromatic nitrogens is 2. The van der Waals surface area contributed by atoms with Crippen LogP contribution in [-0.4, -0.2) is 9.55 Å². The zero-order valence-corrected chi connectivity index (χ0v) is 15.3. The fourth-order valence-electron chi connectivity index (χ4n) is 3.10. The van der Waals surface area contributed by atoms with Gasteiger partial charge < -0.3 is 9.30 Å². The van der Waals surface area contributed by atoms with Crippen molar-refractivity contribution in [1.82, 2.24) is 9.55 Å². The fourth-order valence-corrected chi connectivity index (χ4v) is 3.10. The van der Waals surface area contributed by atoms with E-state index >= 15 is 0 Å². The zero-order valence-electron chi connectivity index (χ0n) is 15.3. The highest BCUT2D eigenvalue weighted by Crippen LogP contribution is 2.24. The minimum Gasteiger partial charge on any atom is -0.489 e. The molecule has 0 unspecified atom stereocenters. The van der Waals surface area contributed by atoms with E-state index < -0.39 is 0 Å². The molecule has 4 aromatic rings. The van der Waals surface area contributed by atoms with Crippen molar-refractivity contribution in [2.24, 2.45) is 0 Å². The van der Waals surface area contributed by atoms with Crippen LogP contribution in [0.25, 0.3) is 11.1 Å². The average Bonchev–Trinajstić information content (AvgIpc) is 3.27. The van der Waals surface area contributed by atoms with E-state index in [1.807, 2.05) is 47.2 Å². The van der Waals surface area contributed by atoms with Crippen LogP contribution in [0.4, 0.5) is 0 Å². The smallest absolute Gasteiger partial charge is 0.126 e. The normalized spacial score (nSPS) is 10.4. The second kappa shape index (κ2) is 8.24. The maximum absolute atomic E-state index is 9.24. The van der Waals surface area contributed by atoms with Gasteiger partial charge in [-0.2, -0.15) is 5.26 Å². The van der Waals surface area contributed by atoms with Gasteiger partial charge >= 0.3 is 0 Å². The summed E-state index contributed by atoms with van der Waals surface area (Å²) in [4.78, 5) is 4.08. The SMILES string of the molecule is N#Cc1ccc(Cn2ccnc2)c(OCc2cccc(-c3ccccc3)c2)c1. The molecule has 0 saturated heterocycles. The molecule has 0 spiro atoms. The number of hydrogen-bond acceptors (Lipinski definition) is 3. The first kappa shape index (κ1) is 17.6. The third-order valence-corrected chi connectivity index (χ3v) is 4.54. The number of rotatable bonds is 6. The lowest BCUT2D eigenvalue weighted by Gasteiger charge is -2.13. The molecule has 0 aliphatic heterocycles. The second-order valence-corrected chi connectivity index (χ2v) is 6.52. The van der Waals surface area contributed by atoms with E-state index in [9.17, 15) is 5.26 Å². The number of imidazole rings is 1. The number of nitrogens with zero attached hydrogens (tertiary/aromatic N) is 3. The first-order valence-corrected chi connectivity index (χ1v) is 9.08. The van der Waals surface area contributed by atoms with Crippen LogP contribution < -0.4 is 4.74 Å². The Balaban J connectivity index is 1.55. The molecular weight excluding hydrogens is 346 g/mol. The summed E-state index contributed by atoms with van der Waals surface area (Å²) in [6.07, 6.45) is 5.43. The Morgan fingerprint density at radius 1 is 0.929 bits per heavy atom. The Hall–Kier alpha value is -3.84. The van der Waals surface area contributed by atoms with Crippen LogP contribution in [0.2, 0.25) is 0 Å². The van der Waals surface area contributed by atoms with E-state index in [1.54, 1.807) is 18.6 Å². The minimum absolute atomic E-state index is 0.437. The molecule has 28 heavy (non-hydrogen) atoms. The molecule has 0 aliphatic rings. The summed E-state index contributed by atoms with van der Waals surface area (Å²) >= 11 is 0. The van der Waals surface area contributed by atoms with Gasteiger partial charge in [0.05, 0.1) is 24.5 Å². The number of benzene rings is 3. The molecule has 0 radical (unpaired) electrons. The first-order valence-electron chi connectivity index (χ1n) is 9.08. The van der Waals surface area contributed by atoms with Crippen molar-refractivity contribution in [2.75, 3.05) is 0 Å². The van der Waals surface area contributed by atoms with Crippen molar-refractivity contribution in [3.8, 4) is 22.9 Å². The van der Waals surface area contributed by atoms with E-state index in [1.165, 1.54) is 5.56 Å². The summed E-state index contributed by atoms with van der Waals surface area (Å²) < 4.78 is 8.10. The predicted molar refractivity (Wildman–Crippen MR) is 109 cm³/mol. The third kappa shape index (κ3) is 4.11. The van der Waals surface area contributed by atoms with Crippen molar-refractivity contribution in [2.45, 2.75) is 13.2 Å². The molecular formula is C24H19N3O. The van der Waals surface area contributed by atoms with Gasteiger partial charge in [0, 0.05) is 18.0 Å². The van der Waals surface area contributed by atoms with Crippen LogP contribution in [0, 0.1) is 11.3 Å². The molecule has 4 nitrogen and oxygen atoms in total. The standard InChI is InChI=1S/C24H19N3O/c25-15-19-9-10-23(16-27-12-11-26-18-27)24(14-19)28-17-20-5-4-8-22(13-20)21-6-2-1-3-7-21/h1-14,18H,16-17H2. The van der Waals surface area contributed by atoms with Crippen LogP contribution in [-0.2, 0) is 13.2 Å². The molecule has 136 valence electrons. The summed E-state index contributed by atoms with van der Waals surface area (Å²) in [5, 5.41) is 9.24. The quantitative estimate of drug-likeness (QED) is 0.480. The third-order valence-electron chi connectivity index (χ3n) is 4.54. The lowest BCUT2D eigenvalue weighted by atomic mass is 10.0. The van der Waals surface area contributed by atoms with Crippen LogP contribution in [0.15, 0.2) is 91.5 Å². The van der Waals surface area contributed by atoms with Gasteiger partial charge in [0.15, 0.2) is 0 Å². The Morgan fingerprint density at radius 3 is 2.57 bits per heavy atom. The monoisotopic (exact) mass is 365 g/mol. The fraction of sp³-hybridized carbons (Fsp3) is 0.0833. The lowest BCUT2D eigenvalue weighted by molar-refractivity contribution is 0.302. The van der Waals surface area contributed by atoms with Crippen molar-refractivity contribution in [1.29, 1.82) is 5.26 Å². The Labute approximate surface area is 164 Å². The topological polar surface area (TPSA) is 50.8 Å². The van der Waals surface area contributed by atoms with Gasteiger partial charge in [0.2, 0.25) is 0 Å². The molecule has 1 heterocycles. The lowest BCUT2D eigenvalue weighted by Crippen LogP contribution is -2.03. The van der Waals surface area contributed by atoms with Crippen LogP contribution in [0.3, 0.4) is 0 Å². The molecule has 0 N–H and O–H groups in total. The van der Waals surface area contributed by atoms with Gasteiger partial charge in [-0.15, -0.1) is 0 Å². The Kier molecular flexibility index (Phi) is 5.17. The van der Waals surface area contributed by atoms with Gasteiger partial charge in [0.1, 0.15) is 12.4 Å². The molecule has 3 aromatic carbocycles. The van der Waals surface area contributed by atoms with Gasteiger partial charge in [-0.25, -0.2) is 4.98 Å². The molecule has 0 aliphatic carbocycles. The highest BCUT2D eigenvalue weighted by Gasteiger charge is 2.08. The number of ether oxygens (including phenoxy) is 1. The molecule has 0 amide bonds. The summed E-state index contributed by atoms with van der Waals surface area (Å²) in [5.74, 6) is 0.720.